The van der Waals surface area contributed by atoms with E-state index in [4.69, 9.17) is 0 Å². The van der Waals surface area contributed by atoms with E-state index in [9.17, 15) is 0 Å². The lowest BCUT2D eigenvalue weighted by Gasteiger charge is -2.18. The maximum Gasteiger partial charge on any atom is 0.0912 e. The molecule has 0 fully saturated rings. The second-order valence-corrected chi connectivity index (χ2v) is 4.25. The molecule has 1 N–H and O–H groups in total. The quantitative estimate of drug-likeness (QED) is 0.789. The molecule has 1 aromatic heterocycles. The SMILES string of the molecule is CCNC(CC(C)CC)c1cnsn1. The minimum absolute atomic E-state index is 0.383. The van der Waals surface area contributed by atoms with E-state index in [-0.39, 0.29) is 0 Å². The van der Waals surface area contributed by atoms with Gasteiger partial charge in [-0.2, -0.15) is 8.75 Å². The predicted octanol–water partition coefficient (Wildman–Crippen LogP) is 2.62. The maximum absolute atomic E-state index is 4.29. The molecule has 2 atom stereocenters. The molecule has 4 heteroatoms. The van der Waals surface area contributed by atoms with Gasteiger partial charge in [-0.3, -0.25) is 0 Å². The van der Waals surface area contributed by atoms with E-state index in [1.54, 1.807) is 0 Å². The third-order valence-electron chi connectivity index (χ3n) is 2.52. The molecule has 0 aliphatic rings. The minimum Gasteiger partial charge on any atom is -0.309 e. The van der Waals surface area contributed by atoms with Crippen molar-refractivity contribution in [2.75, 3.05) is 6.54 Å². The number of hydrogen-bond donors (Lipinski definition) is 1. The lowest BCUT2D eigenvalue weighted by atomic mass is 9.98. The van der Waals surface area contributed by atoms with E-state index in [1.165, 1.54) is 18.1 Å². The fourth-order valence-corrected chi connectivity index (χ4v) is 1.92. The Morgan fingerprint density at radius 2 is 2.29 bits per heavy atom. The summed E-state index contributed by atoms with van der Waals surface area (Å²) in [5.74, 6) is 0.737. The van der Waals surface area contributed by atoms with Crippen molar-refractivity contribution < 1.29 is 0 Å². The lowest BCUT2D eigenvalue weighted by molar-refractivity contribution is 0.404. The highest BCUT2D eigenvalue weighted by atomic mass is 32.1. The van der Waals surface area contributed by atoms with Crippen molar-refractivity contribution in [1.82, 2.24) is 14.1 Å². The van der Waals surface area contributed by atoms with Gasteiger partial charge in [-0.25, -0.2) is 0 Å². The third-order valence-corrected chi connectivity index (χ3v) is 3.01. The van der Waals surface area contributed by atoms with Crippen molar-refractivity contribution in [2.24, 2.45) is 5.92 Å². The fraction of sp³-hybridized carbons (Fsp3) is 0.800. The van der Waals surface area contributed by atoms with E-state index < -0.39 is 0 Å². The summed E-state index contributed by atoms with van der Waals surface area (Å²) in [6.45, 7) is 7.62. The smallest absolute Gasteiger partial charge is 0.0912 e. The molecule has 1 heterocycles. The molecule has 0 radical (unpaired) electrons. The number of nitrogens with zero attached hydrogens (tertiary/aromatic N) is 2. The molecule has 1 rings (SSSR count). The van der Waals surface area contributed by atoms with E-state index in [2.05, 4.69) is 34.8 Å². The lowest BCUT2D eigenvalue weighted by Crippen LogP contribution is -2.23. The zero-order valence-electron chi connectivity index (χ0n) is 9.16. The summed E-state index contributed by atoms with van der Waals surface area (Å²) in [5, 5.41) is 3.45. The second-order valence-electron chi connectivity index (χ2n) is 3.69. The summed E-state index contributed by atoms with van der Waals surface area (Å²) < 4.78 is 8.34. The number of aromatic nitrogens is 2. The van der Waals surface area contributed by atoms with E-state index in [0.29, 0.717) is 6.04 Å². The Kier molecular flexibility index (Phi) is 5.04. The van der Waals surface area contributed by atoms with Crippen molar-refractivity contribution in [1.29, 1.82) is 0 Å². The zero-order valence-corrected chi connectivity index (χ0v) is 9.97. The molecule has 3 nitrogen and oxygen atoms in total. The van der Waals surface area contributed by atoms with Gasteiger partial charge in [0.05, 0.1) is 29.7 Å². The highest BCUT2D eigenvalue weighted by Crippen LogP contribution is 2.21. The summed E-state index contributed by atoms with van der Waals surface area (Å²) in [4.78, 5) is 0. The average Bonchev–Trinajstić information content (AvgIpc) is 2.69. The molecular weight excluding hydrogens is 194 g/mol. The molecule has 0 aromatic carbocycles. The molecule has 0 spiro atoms. The van der Waals surface area contributed by atoms with Gasteiger partial charge in [0, 0.05) is 0 Å². The Labute approximate surface area is 90.3 Å². The molecule has 1 aromatic rings. The summed E-state index contributed by atoms with van der Waals surface area (Å²) in [6, 6.07) is 0.383. The summed E-state index contributed by atoms with van der Waals surface area (Å²) in [6.07, 6.45) is 4.25. The van der Waals surface area contributed by atoms with Crippen LogP contribution in [-0.2, 0) is 0 Å². The second kappa shape index (κ2) is 6.09. The van der Waals surface area contributed by atoms with Crippen LogP contribution in [0, 0.1) is 5.92 Å². The van der Waals surface area contributed by atoms with Crippen LogP contribution >= 0.6 is 11.7 Å². The average molecular weight is 213 g/mol. The van der Waals surface area contributed by atoms with Gasteiger partial charge in [-0.05, 0) is 18.9 Å². The predicted molar refractivity (Wildman–Crippen MR) is 60.4 cm³/mol. The summed E-state index contributed by atoms with van der Waals surface area (Å²) >= 11 is 1.29. The first kappa shape index (κ1) is 11.6. The number of rotatable bonds is 6. The summed E-state index contributed by atoms with van der Waals surface area (Å²) in [5.41, 5.74) is 1.09. The Hall–Kier alpha value is -0.480. The van der Waals surface area contributed by atoms with Gasteiger partial charge in [0.15, 0.2) is 0 Å². The van der Waals surface area contributed by atoms with Crippen LogP contribution in [0.15, 0.2) is 6.20 Å². The Bertz CT molecular complexity index is 236. The normalized spacial score (nSPS) is 15.4. The van der Waals surface area contributed by atoms with Crippen LogP contribution in [0.1, 0.15) is 45.3 Å². The van der Waals surface area contributed by atoms with Gasteiger partial charge in [-0.1, -0.05) is 27.2 Å². The Morgan fingerprint density at radius 3 is 2.79 bits per heavy atom. The third kappa shape index (κ3) is 3.35. The fourth-order valence-electron chi connectivity index (χ4n) is 1.45. The van der Waals surface area contributed by atoms with Crippen LogP contribution in [0.4, 0.5) is 0 Å². The van der Waals surface area contributed by atoms with Crippen molar-refractivity contribution in [3.05, 3.63) is 11.9 Å². The standard InChI is InChI=1S/C10H19N3S/c1-4-8(3)6-9(11-5-2)10-7-12-14-13-10/h7-9,11H,4-6H2,1-3H3. The van der Waals surface area contributed by atoms with Crippen LogP contribution in [0.2, 0.25) is 0 Å². The molecule has 0 bridgehead atoms. The monoisotopic (exact) mass is 213 g/mol. The molecule has 2 unspecified atom stereocenters. The molecule has 14 heavy (non-hydrogen) atoms. The highest BCUT2D eigenvalue weighted by molar-refractivity contribution is 6.99. The number of hydrogen-bond acceptors (Lipinski definition) is 4. The van der Waals surface area contributed by atoms with E-state index in [1.807, 2.05) is 6.20 Å². The van der Waals surface area contributed by atoms with Gasteiger partial charge in [0.1, 0.15) is 0 Å². The van der Waals surface area contributed by atoms with Crippen LogP contribution in [0.5, 0.6) is 0 Å². The van der Waals surface area contributed by atoms with Gasteiger partial charge in [-0.15, -0.1) is 0 Å². The van der Waals surface area contributed by atoms with E-state index >= 15 is 0 Å². The molecule has 0 aliphatic carbocycles. The molecule has 0 saturated heterocycles. The molecule has 80 valence electrons. The van der Waals surface area contributed by atoms with Crippen LogP contribution in [0.25, 0.3) is 0 Å². The van der Waals surface area contributed by atoms with Crippen LogP contribution in [-0.4, -0.2) is 15.3 Å². The molecule has 0 amide bonds. The first-order valence-corrected chi connectivity index (χ1v) is 6.01. The Balaban J connectivity index is 2.55. The van der Waals surface area contributed by atoms with Gasteiger partial charge in [0.25, 0.3) is 0 Å². The van der Waals surface area contributed by atoms with Crippen molar-refractivity contribution in [3.8, 4) is 0 Å². The van der Waals surface area contributed by atoms with Crippen LogP contribution in [0.3, 0.4) is 0 Å². The van der Waals surface area contributed by atoms with Gasteiger partial charge >= 0.3 is 0 Å². The topological polar surface area (TPSA) is 37.8 Å². The van der Waals surface area contributed by atoms with Gasteiger partial charge < -0.3 is 5.32 Å². The first-order chi connectivity index (χ1) is 6.77. The van der Waals surface area contributed by atoms with Crippen LogP contribution < -0.4 is 5.32 Å². The van der Waals surface area contributed by atoms with Crippen molar-refractivity contribution in [2.45, 2.75) is 39.7 Å². The Morgan fingerprint density at radius 1 is 1.50 bits per heavy atom. The maximum atomic E-state index is 4.29. The van der Waals surface area contributed by atoms with E-state index in [0.717, 1.165) is 24.6 Å². The minimum atomic E-state index is 0.383. The molecular formula is C10H19N3S. The largest absolute Gasteiger partial charge is 0.309 e. The summed E-state index contributed by atoms with van der Waals surface area (Å²) in [7, 11) is 0. The highest BCUT2D eigenvalue weighted by Gasteiger charge is 2.15. The number of nitrogens with one attached hydrogen (secondary N) is 1. The van der Waals surface area contributed by atoms with Crippen molar-refractivity contribution >= 4 is 11.7 Å². The first-order valence-electron chi connectivity index (χ1n) is 5.28. The zero-order chi connectivity index (χ0) is 10.4. The molecule has 0 saturated carbocycles. The van der Waals surface area contributed by atoms with Crippen molar-refractivity contribution in [3.63, 3.8) is 0 Å². The molecule has 0 aliphatic heterocycles. The van der Waals surface area contributed by atoms with Gasteiger partial charge in [0.2, 0.25) is 0 Å².